The van der Waals surface area contributed by atoms with Gasteiger partial charge in [-0.25, -0.2) is 8.42 Å². The van der Waals surface area contributed by atoms with Crippen molar-refractivity contribution in [2.75, 3.05) is 19.3 Å². The van der Waals surface area contributed by atoms with E-state index in [1.54, 1.807) is 24.3 Å². The summed E-state index contributed by atoms with van der Waals surface area (Å²) >= 11 is 0. The quantitative estimate of drug-likeness (QED) is 0.451. The maximum atomic E-state index is 14.6. The van der Waals surface area contributed by atoms with Crippen molar-refractivity contribution in [1.29, 1.82) is 0 Å². The lowest BCUT2D eigenvalue weighted by atomic mass is 9.88. The number of carbonyl (C=O) groups excluding carboxylic acids is 3. The second-order valence-corrected chi connectivity index (χ2v) is 13.9. The van der Waals surface area contributed by atoms with Gasteiger partial charge in [-0.15, -0.1) is 0 Å². The van der Waals surface area contributed by atoms with E-state index in [9.17, 15) is 32.3 Å². The third kappa shape index (κ3) is 4.72. The summed E-state index contributed by atoms with van der Waals surface area (Å²) in [5, 5.41) is 16.3. The molecule has 6 rings (SSSR count). The Morgan fingerprint density at radius 2 is 1.76 bits per heavy atom. The van der Waals surface area contributed by atoms with Gasteiger partial charge in [0.15, 0.2) is 5.60 Å². The van der Waals surface area contributed by atoms with Crippen LogP contribution in [0.25, 0.3) is 11.1 Å². The Bertz CT molecular complexity index is 1540. The number of likely N-dealkylation sites (tertiary alicyclic amines) is 1. The molecule has 2 saturated heterocycles. The Kier molecular flexibility index (Phi) is 7.21. The van der Waals surface area contributed by atoms with Crippen LogP contribution < -0.4 is 10.6 Å². The lowest BCUT2D eigenvalue weighted by Gasteiger charge is -2.34. The van der Waals surface area contributed by atoms with E-state index in [0.29, 0.717) is 30.5 Å². The maximum absolute atomic E-state index is 14.6. The summed E-state index contributed by atoms with van der Waals surface area (Å²) in [4.78, 5) is 42.2. The summed E-state index contributed by atoms with van der Waals surface area (Å²) in [7, 11) is -4.17. The van der Waals surface area contributed by atoms with Crippen LogP contribution in [-0.2, 0) is 29.8 Å². The zero-order valence-corrected chi connectivity index (χ0v) is 24.1. The maximum Gasteiger partial charge on any atom is 0.264 e. The molecule has 4 aliphatic rings. The molecule has 2 aromatic carbocycles. The number of benzene rings is 2. The van der Waals surface area contributed by atoms with Crippen LogP contribution in [0.2, 0.25) is 0 Å². The molecule has 222 valence electrons. The topological polar surface area (TPSA) is 133 Å². The van der Waals surface area contributed by atoms with Crippen molar-refractivity contribution in [2.45, 2.75) is 49.8 Å². The first kappa shape index (κ1) is 28.5. The third-order valence-electron chi connectivity index (χ3n) is 9.37. The molecule has 2 aliphatic carbocycles. The summed E-state index contributed by atoms with van der Waals surface area (Å²) in [6, 6.07) is 12.3. The number of nitrogens with one attached hydrogen (secondary N) is 2. The molecule has 0 aromatic heterocycles. The van der Waals surface area contributed by atoms with Crippen LogP contribution in [-0.4, -0.2) is 67.6 Å². The van der Waals surface area contributed by atoms with Crippen LogP contribution >= 0.6 is 0 Å². The first-order valence-electron chi connectivity index (χ1n) is 14.4. The van der Waals surface area contributed by atoms with Gasteiger partial charge in [-0.05, 0) is 54.7 Å². The average molecular weight is 596 g/mol. The zero-order valence-electron chi connectivity index (χ0n) is 23.3. The van der Waals surface area contributed by atoms with E-state index in [1.807, 2.05) is 24.3 Å². The van der Waals surface area contributed by atoms with Crippen LogP contribution in [0.5, 0.6) is 0 Å². The van der Waals surface area contributed by atoms with Gasteiger partial charge in [0.25, 0.3) is 5.91 Å². The van der Waals surface area contributed by atoms with E-state index < -0.39 is 50.4 Å². The van der Waals surface area contributed by atoms with Gasteiger partial charge in [0, 0.05) is 36.4 Å². The first-order valence-corrected chi connectivity index (χ1v) is 16.3. The fourth-order valence-corrected chi connectivity index (χ4v) is 7.81. The number of fused-ring (bicyclic) bond motifs is 4. The summed E-state index contributed by atoms with van der Waals surface area (Å²) < 4.78 is 38.4. The number of halogens is 1. The third-order valence-corrected chi connectivity index (χ3v) is 10.2. The average Bonchev–Trinajstić information content (AvgIpc) is 3.72. The van der Waals surface area contributed by atoms with Gasteiger partial charge in [0.2, 0.25) is 26.8 Å². The fourth-order valence-electron chi connectivity index (χ4n) is 7.40. The number of aliphatic hydroxyl groups is 1. The molecular formula is C31H34FN3O6S. The van der Waals surface area contributed by atoms with Crippen LogP contribution in [0.1, 0.15) is 43.2 Å². The molecule has 0 spiro atoms. The lowest BCUT2D eigenvalue weighted by Crippen LogP contribution is -2.55. The normalized spacial score (nSPS) is 26.8. The standard InChI is InChI=1S/C31H34FN3O6S/c1-42(40,41)26(32)16-20(15-18-13-14-33-28(18)36)34-29(37)27-21-10-6-7-19(21)17-35(27)30(38)31(39)24-11-4-2-8-22(24)23-9-3-5-12-25(23)31/h2-5,8-9,11-12,16,18-21,27,39H,6-7,10,13-15,17H2,1H3,(H,33,36)(H,34,37)/b26-16+/t18-,19-,20-,21-,27+/m1/s1. The predicted octanol–water partition coefficient (Wildman–Crippen LogP) is 2.40. The van der Waals surface area contributed by atoms with Crippen LogP contribution in [0.4, 0.5) is 4.39 Å². The number of sulfone groups is 1. The van der Waals surface area contributed by atoms with Crippen molar-refractivity contribution in [3.05, 3.63) is 70.9 Å². The highest BCUT2D eigenvalue weighted by Gasteiger charge is 2.56. The summed E-state index contributed by atoms with van der Waals surface area (Å²) in [5.74, 6) is -2.02. The molecule has 3 amide bonds. The van der Waals surface area contributed by atoms with Crippen molar-refractivity contribution in [2.24, 2.45) is 17.8 Å². The number of nitrogens with zero attached hydrogens (tertiary/aromatic N) is 1. The van der Waals surface area contributed by atoms with E-state index in [4.69, 9.17) is 0 Å². The number of carbonyl (C=O) groups is 3. The van der Waals surface area contributed by atoms with Gasteiger partial charge in [-0.1, -0.05) is 55.0 Å². The van der Waals surface area contributed by atoms with Crippen molar-refractivity contribution in [1.82, 2.24) is 15.5 Å². The van der Waals surface area contributed by atoms with Gasteiger partial charge in [0.1, 0.15) is 6.04 Å². The number of hydrogen-bond acceptors (Lipinski definition) is 6. The van der Waals surface area contributed by atoms with Crippen molar-refractivity contribution >= 4 is 27.6 Å². The zero-order chi connectivity index (χ0) is 29.8. The second-order valence-electron chi connectivity index (χ2n) is 11.9. The number of amides is 3. The number of rotatable bonds is 7. The molecule has 5 atom stereocenters. The molecule has 0 radical (unpaired) electrons. The molecule has 2 aromatic rings. The largest absolute Gasteiger partial charge is 0.372 e. The Labute approximate surface area is 244 Å². The van der Waals surface area contributed by atoms with Gasteiger partial charge < -0.3 is 20.6 Å². The fraction of sp³-hybridized carbons (Fsp3) is 0.452. The van der Waals surface area contributed by atoms with E-state index in [-0.39, 0.29) is 30.7 Å². The van der Waals surface area contributed by atoms with Gasteiger partial charge >= 0.3 is 0 Å². The highest BCUT2D eigenvalue weighted by molar-refractivity contribution is 7.94. The van der Waals surface area contributed by atoms with Crippen LogP contribution in [0, 0.1) is 17.8 Å². The summed E-state index contributed by atoms with van der Waals surface area (Å²) in [6.45, 7) is 0.732. The highest BCUT2D eigenvalue weighted by atomic mass is 32.2. The first-order chi connectivity index (χ1) is 20.0. The molecule has 1 saturated carbocycles. The molecule has 2 aliphatic heterocycles. The summed E-state index contributed by atoms with van der Waals surface area (Å²) in [5.41, 5.74) is 0.418. The molecular weight excluding hydrogens is 561 g/mol. The van der Waals surface area contributed by atoms with Crippen LogP contribution in [0.3, 0.4) is 0 Å². The van der Waals surface area contributed by atoms with Crippen molar-refractivity contribution in [3.8, 4) is 11.1 Å². The molecule has 11 heteroatoms. The number of hydrogen-bond donors (Lipinski definition) is 3. The van der Waals surface area contributed by atoms with Crippen LogP contribution in [0.15, 0.2) is 59.8 Å². The molecule has 0 bridgehead atoms. The minimum atomic E-state index is -4.17. The van der Waals surface area contributed by atoms with Gasteiger partial charge in [-0.3, -0.25) is 14.4 Å². The van der Waals surface area contributed by atoms with E-state index >= 15 is 0 Å². The van der Waals surface area contributed by atoms with E-state index in [2.05, 4.69) is 10.6 Å². The van der Waals surface area contributed by atoms with E-state index in [0.717, 1.165) is 36.3 Å². The second kappa shape index (κ2) is 10.6. The van der Waals surface area contributed by atoms with Gasteiger partial charge in [0.05, 0.1) is 6.04 Å². The molecule has 2 heterocycles. The molecule has 42 heavy (non-hydrogen) atoms. The minimum Gasteiger partial charge on any atom is -0.372 e. The monoisotopic (exact) mass is 595 g/mol. The SMILES string of the molecule is CS(=O)(=O)/C(F)=C/[C@@H](C[C@H]1CCNC1=O)NC(=O)[C@@H]1[C@@H]2CCC[C@@H]2CN1C(=O)C1(O)c2ccccc2-c2ccccc21. The Morgan fingerprint density at radius 3 is 2.36 bits per heavy atom. The minimum absolute atomic E-state index is 0.0139. The molecule has 3 N–H and O–H groups in total. The Balaban J connectivity index is 1.34. The van der Waals surface area contributed by atoms with Gasteiger partial charge in [-0.2, -0.15) is 4.39 Å². The Morgan fingerprint density at radius 1 is 1.12 bits per heavy atom. The molecule has 0 unspecified atom stereocenters. The summed E-state index contributed by atoms with van der Waals surface area (Å²) in [6.07, 6.45) is 4.50. The highest BCUT2D eigenvalue weighted by Crippen LogP contribution is 2.50. The van der Waals surface area contributed by atoms with Crippen molar-refractivity contribution < 1.29 is 32.3 Å². The molecule has 9 nitrogen and oxygen atoms in total. The lowest BCUT2D eigenvalue weighted by molar-refractivity contribution is -0.152. The smallest absolute Gasteiger partial charge is 0.264 e. The van der Waals surface area contributed by atoms with E-state index in [1.165, 1.54) is 4.90 Å². The van der Waals surface area contributed by atoms with Crippen molar-refractivity contribution in [3.63, 3.8) is 0 Å². The Hall–Kier alpha value is -3.57. The predicted molar refractivity (Wildman–Crippen MR) is 153 cm³/mol. The molecule has 3 fully saturated rings.